The lowest BCUT2D eigenvalue weighted by Crippen LogP contribution is -2.43. The van der Waals surface area contributed by atoms with Gasteiger partial charge in [-0.25, -0.2) is 0 Å². The summed E-state index contributed by atoms with van der Waals surface area (Å²) in [4.78, 5) is 11.8. The number of benzene rings is 1. The molecule has 0 radical (unpaired) electrons. The summed E-state index contributed by atoms with van der Waals surface area (Å²) in [5, 5.41) is 5.98. The van der Waals surface area contributed by atoms with Gasteiger partial charge in [-0.15, -0.1) is 0 Å². The minimum Gasteiger partial charge on any atom is -0.435 e. The summed E-state index contributed by atoms with van der Waals surface area (Å²) in [5.74, 6) is 0.0658. The third-order valence-corrected chi connectivity index (χ3v) is 3.05. The van der Waals surface area contributed by atoms with Crippen molar-refractivity contribution in [3.63, 3.8) is 0 Å². The van der Waals surface area contributed by atoms with Gasteiger partial charge in [-0.05, 0) is 38.0 Å². The van der Waals surface area contributed by atoms with Gasteiger partial charge in [0, 0.05) is 12.6 Å². The number of nitrogens with one attached hydrogen (secondary N) is 2. The molecular formula is C15H22F2N2O2. The Morgan fingerprint density at radius 1 is 1.24 bits per heavy atom. The van der Waals surface area contributed by atoms with E-state index >= 15 is 0 Å². The molecule has 6 heteroatoms. The number of hydrogen-bond acceptors (Lipinski definition) is 3. The first-order chi connectivity index (χ1) is 9.93. The molecule has 21 heavy (non-hydrogen) atoms. The minimum absolute atomic E-state index is 0.0543. The maximum Gasteiger partial charge on any atom is 0.387 e. The summed E-state index contributed by atoms with van der Waals surface area (Å²) in [7, 11) is 0. The van der Waals surface area contributed by atoms with Gasteiger partial charge >= 0.3 is 6.61 Å². The molecule has 0 saturated heterocycles. The molecule has 1 aromatic carbocycles. The van der Waals surface area contributed by atoms with Gasteiger partial charge < -0.3 is 10.1 Å². The molecule has 0 aromatic heterocycles. The van der Waals surface area contributed by atoms with E-state index in [0.29, 0.717) is 6.54 Å². The van der Waals surface area contributed by atoms with E-state index in [1.54, 1.807) is 19.1 Å². The topological polar surface area (TPSA) is 50.4 Å². The molecule has 1 rings (SSSR count). The van der Waals surface area contributed by atoms with Crippen molar-refractivity contribution >= 4 is 5.91 Å². The van der Waals surface area contributed by atoms with Gasteiger partial charge in [0.2, 0.25) is 5.91 Å². The van der Waals surface area contributed by atoms with Gasteiger partial charge in [0.1, 0.15) is 5.75 Å². The first kappa shape index (κ1) is 17.4. The highest BCUT2D eigenvalue weighted by Crippen LogP contribution is 2.19. The first-order valence-electron chi connectivity index (χ1n) is 7.02. The average molecular weight is 300 g/mol. The van der Waals surface area contributed by atoms with Gasteiger partial charge in [-0.3, -0.25) is 10.1 Å². The molecule has 2 atom stereocenters. The van der Waals surface area contributed by atoms with E-state index < -0.39 is 6.61 Å². The molecule has 0 aliphatic rings. The Balaban J connectivity index is 2.54. The Labute approximate surface area is 123 Å². The molecule has 0 bridgehead atoms. The second-order valence-electron chi connectivity index (χ2n) is 4.85. The zero-order valence-corrected chi connectivity index (χ0v) is 12.5. The Hall–Kier alpha value is -1.69. The maximum absolute atomic E-state index is 12.1. The van der Waals surface area contributed by atoms with Crippen LogP contribution >= 0.6 is 0 Å². The zero-order valence-electron chi connectivity index (χ0n) is 12.5. The Morgan fingerprint density at radius 2 is 1.86 bits per heavy atom. The van der Waals surface area contributed by atoms with Crippen molar-refractivity contribution in [3.05, 3.63) is 29.8 Å². The predicted molar refractivity (Wildman–Crippen MR) is 77.4 cm³/mol. The molecule has 0 spiro atoms. The molecule has 2 unspecified atom stereocenters. The fourth-order valence-electron chi connectivity index (χ4n) is 1.89. The van der Waals surface area contributed by atoms with Crippen LogP contribution in [-0.2, 0) is 4.79 Å². The van der Waals surface area contributed by atoms with Gasteiger partial charge in [-0.2, -0.15) is 8.78 Å². The maximum atomic E-state index is 12.1. The van der Waals surface area contributed by atoms with Crippen LogP contribution in [-0.4, -0.2) is 25.1 Å². The third kappa shape index (κ3) is 6.08. The van der Waals surface area contributed by atoms with Gasteiger partial charge in [0.25, 0.3) is 0 Å². The largest absolute Gasteiger partial charge is 0.435 e. The molecule has 0 fully saturated rings. The highest BCUT2D eigenvalue weighted by molar-refractivity contribution is 5.81. The Morgan fingerprint density at radius 3 is 2.38 bits per heavy atom. The molecule has 0 saturated carbocycles. The van der Waals surface area contributed by atoms with E-state index in [2.05, 4.69) is 15.4 Å². The standard InChI is InChI=1S/C15H22F2N2O2/c1-4-9-18-14(20)11(3)19-10(2)12-5-7-13(8-6-12)21-15(16)17/h5-8,10-11,15,19H,4,9H2,1-3H3,(H,18,20). The van der Waals surface area contributed by atoms with E-state index in [1.165, 1.54) is 12.1 Å². The quantitative estimate of drug-likeness (QED) is 0.776. The minimum atomic E-state index is -2.83. The zero-order chi connectivity index (χ0) is 15.8. The average Bonchev–Trinajstić information content (AvgIpc) is 2.44. The van der Waals surface area contributed by atoms with Gasteiger partial charge in [0.05, 0.1) is 6.04 Å². The lowest BCUT2D eigenvalue weighted by molar-refractivity contribution is -0.122. The van der Waals surface area contributed by atoms with E-state index in [9.17, 15) is 13.6 Å². The number of halogens is 2. The summed E-state index contributed by atoms with van der Waals surface area (Å²) in [6.45, 7) is 3.51. The lowest BCUT2D eigenvalue weighted by atomic mass is 10.1. The summed E-state index contributed by atoms with van der Waals surface area (Å²) >= 11 is 0. The number of carbonyl (C=O) groups excluding carboxylic acids is 1. The van der Waals surface area contributed by atoms with Gasteiger partial charge in [0.15, 0.2) is 0 Å². The van der Waals surface area contributed by atoms with E-state index in [-0.39, 0.29) is 23.7 Å². The number of amides is 1. The molecule has 1 amide bonds. The van der Waals surface area contributed by atoms with Gasteiger partial charge in [-0.1, -0.05) is 19.1 Å². The Bertz CT molecular complexity index is 438. The highest BCUT2D eigenvalue weighted by Gasteiger charge is 2.15. The first-order valence-corrected chi connectivity index (χ1v) is 7.02. The molecule has 0 aliphatic carbocycles. The summed E-state index contributed by atoms with van der Waals surface area (Å²) in [6.07, 6.45) is 0.889. The fourth-order valence-corrected chi connectivity index (χ4v) is 1.89. The van der Waals surface area contributed by atoms with E-state index in [1.807, 2.05) is 13.8 Å². The van der Waals surface area contributed by atoms with Crippen LogP contribution in [0.15, 0.2) is 24.3 Å². The van der Waals surface area contributed by atoms with Crippen LogP contribution in [0, 0.1) is 0 Å². The molecule has 0 heterocycles. The lowest BCUT2D eigenvalue weighted by Gasteiger charge is -2.20. The number of carbonyl (C=O) groups is 1. The number of rotatable bonds is 8. The highest BCUT2D eigenvalue weighted by atomic mass is 19.3. The van der Waals surface area contributed by atoms with E-state index in [0.717, 1.165) is 12.0 Å². The summed E-state index contributed by atoms with van der Waals surface area (Å²) < 4.78 is 28.4. The van der Waals surface area contributed by atoms with Crippen LogP contribution in [0.3, 0.4) is 0 Å². The number of alkyl halides is 2. The van der Waals surface area contributed by atoms with Crippen molar-refractivity contribution in [2.24, 2.45) is 0 Å². The van der Waals surface area contributed by atoms with Crippen molar-refractivity contribution in [1.82, 2.24) is 10.6 Å². The van der Waals surface area contributed by atoms with Crippen LogP contribution in [0.2, 0.25) is 0 Å². The normalized spacial score (nSPS) is 13.8. The van der Waals surface area contributed by atoms with Crippen molar-refractivity contribution in [1.29, 1.82) is 0 Å². The van der Waals surface area contributed by atoms with Crippen LogP contribution in [0.5, 0.6) is 5.75 Å². The number of hydrogen-bond donors (Lipinski definition) is 2. The van der Waals surface area contributed by atoms with E-state index in [4.69, 9.17) is 0 Å². The second kappa shape index (κ2) is 8.56. The smallest absolute Gasteiger partial charge is 0.387 e. The van der Waals surface area contributed by atoms with Crippen LogP contribution in [0.4, 0.5) is 8.78 Å². The van der Waals surface area contributed by atoms with Crippen LogP contribution < -0.4 is 15.4 Å². The van der Waals surface area contributed by atoms with Crippen LogP contribution in [0.1, 0.15) is 38.8 Å². The number of ether oxygens (including phenoxy) is 1. The molecule has 0 aliphatic heterocycles. The predicted octanol–water partition coefficient (Wildman–Crippen LogP) is 2.85. The molecule has 2 N–H and O–H groups in total. The summed E-state index contributed by atoms with van der Waals surface area (Å²) in [6, 6.07) is 5.97. The second-order valence-corrected chi connectivity index (χ2v) is 4.85. The molecule has 118 valence electrons. The SMILES string of the molecule is CCCNC(=O)C(C)NC(C)c1ccc(OC(F)F)cc1. The molecular weight excluding hydrogens is 278 g/mol. The monoisotopic (exact) mass is 300 g/mol. The van der Waals surface area contributed by atoms with Crippen LogP contribution in [0.25, 0.3) is 0 Å². The molecule has 4 nitrogen and oxygen atoms in total. The summed E-state index contributed by atoms with van der Waals surface area (Å²) in [5.41, 5.74) is 0.895. The van der Waals surface area contributed by atoms with Crippen molar-refractivity contribution in [3.8, 4) is 5.75 Å². The fraction of sp³-hybridized carbons (Fsp3) is 0.533. The van der Waals surface area contributed by atoms with Crippen molar-refractivity contribution < 1.29 is 18.3 Å². The Kier molecular flexibility index (Phi) is 7.08. The van der Waals surface area contributed by atoms with Crippen molar-refractivity contribution in [2.75, 3.05) is 6.54 Å². The van der Waals surface area contributed by atoms with Crippen molar-refractivity contribution in [2.45, 2.75) is 45.9 Å². The third-order valence-electron chi connectivity index (χ3n) is 3.05. The molecule has 1 aromatic rings.